The minimum absolute atomic E-state index is 0.0118. The van der Waals surface area contributed by atoms with Crippen LogP contribution in [0.2, 0.25) is 0 Å². The molecule has 0 aliphatic rings. The van der Waals surface area contributed by atoms with Gasteiger partial charge >= 0.3 is 0 Å². The highest BCUT2D eigenvalue weighted by atomic mass is 127. The maximum Gasteiger partial charge on any atom is 0.266 e. The first kappa shape index (κ1) is 11.3. The minimum Gasteiger partial charge on any atom is -0.298 e. The molecule has 16 heavy (non-hydrogen) atoms. The Morgan fingerprint density at radius 2 is 2.31 bits per heavy atom. The predicted octanol–water partition coefficient (Wildman–Crippen LogP) is 0.824. The Labute approximate surface area is 106 Å². The molecular weight excluding hydrogens is 319 g/mol. The molecule has 6 heteroatoms. The molecule has 0 radical (unpaired) electrons. The molecule has 0 aliphatic heterocycles. The maximum absolute atomic E-state index is 11.7. The van der Waals surface area contributed by atoms with Crippen LogP contribution in [-0.4, -0.2) is 19.3 Å². The van der Waals surface area contributed by atoms with E-state index in [0.717, 1.165) is 12.1 Å². The molecule has 0 unspecified atom stereocenters. The zero-order valence-corrected chi connectivity index (χ0v) is 11.0. The highest BCUT2D eigenvalue weighted by molar-refractivity contribution is 14.1. The third-order valence-corrected chi connectivity index (χ3v) is 3.13. The van der Waals surface area contributed by atoms with Crippen molar-refractivity contribution in [2.24, 2.45) is 7.05 Å². The Morgan fingerprint density at radius 3 is 3.00 bits per heavy atom. The van der Waals surface area contributed by atoms with Gasteiger partial charge in [0.1, 0.15) is 0 Å². The lowest BCUT2D eigenvalue weighted by molar-refractivity contribution is 0.612. The summed E-state index contributed by atoms with van der Waals surface area (Å²) in [5, 5.41) is 4.08. The van der Waals surface area contributed by atoms with Gasteiger partial charge in [0, 0.05) is 38.1 Å². The number of rotatable bonds is 3. The summed E-state index contributed by atoms with van der Waals surface area (Å²) in [6.45, 7) is 0.627. The van der Waals surface area contributed by atoms with Crippen molar-refractivity contribution >= 4 is 22.6 Å². The molecule has 2 heterocycles. The van der Waals surface area contributed by atoms with E-state index < -0.39 is 0 Å². The summed E-state index contributed by atoms with van der Waals surface area (Å²) in [5.74, 6) is 0. The minimum atomic E-state index is 0.0118. The lowest BCUT2D eigenvalue weighted by Gasteiger charge is -2.05. The van der Waals surface area contributed by atoms with Gasteiger partial charge in [-0.3, -0.25) is 14.0 Å². The number of halogens is 1. The normalized spacial score (nSPS) is 10.6. The van der Waals surface area contributed by atoms with E-state index in [1.807, 2.05) is 40.4 Å². The third-order valence-electron chi connectivity index (χ3n) is 2.39. The van der Waals surface area contributed by atoms with E-state index in [2.05, 4.69) is 10.1 Å². The predicted molar refractivity (Wildman–Crippen MR) is 68.1 cm³/mol. The molecule has 0 N–H and O–H groups in total. The SMILES string of the molecule is Cn1nccc1CCn1cncc(I)c1=O. The summed E-state index contributed by atoms with van der Waals surface area (Å²) in [7, 11) is 1.89. The lowest BCUT2D eigenvalue weighted by Crippen LogP contribution is -2.23. The van der Waals surface area contributed by atoms with Crippen molar-refractivity contribution in [3.05, 3.63) is 44.4 Å². The van der Waals surface area contributed by atoms with Crippen molar-refractivity contribution < 1.29 is 0 Å². The third kappa shape index (κ3) is 2.31. The summed E-state index contributed by atoms with van der Waals surface area (Å²) >= 11 is 2.00. The molecule has 0 saturated carbocycles. The average Bonchev–Trinajstić information content (AvgIpc) is 2.67. The quantitative estimate of drug-likeness (QED) is 0.783. The van der Waals surface area contributed by atoms with Crippen LogP contribution in [0.4, 0.5) is 0 Å². The Balaban J connectivity index is 2.14. The zero-order chi connectivity index (χ0) is 11.5. The van der Waals surface area contributed by atoms with Crippen molar-refractivity contribution in [2.45, 2.75) is 13.0 Å². The van der Waals surface area contributed by atoms with Gasteiger partial charge in [-0.1, -0.05) is 0 Å². The van der Waals surface area contributed by atoms with Gasteiger partial charge in [0.15, 0.2) is 0 Å². The Kier molecular flexibility index (Phi) is 3.37. The molecule has 2 aromatic heterocycles. The van der Waals surface area contributed by atoms with Crippen LogP contribution in [0.1, 0.15) is 5.69 Å². The summed E-state index contributed by atoms with van der Waals surface area (Å²) in [4.78, 5) is 15.7. The van der Waals surface area contributed by atoms with E-state index >= 15 is 0 Å². The number of hydrogen-bond acceptors (Lipinski definition) is 3. The van der Waals surface area contributed by atoms with Crippen LogP contribution in [0.25, 0.3) is 0 Å². The average molecular weight is 330 g/mol. The lowest BCUT2D eigenvalue weighted by atomic mass is 10.3. The van der Waals surface area contributed by atoms with E-state index in [0.29, 0.717) is 10.1 Å². The molecule has 0 saturated heterocycles. The van der Waals surface area contributed by atoms with Crippen molar-refractivity contribution in [2.75, 3.05) is 0 Å². The second kappa shape index (κ2) is 4.77. The van der Waals surface area contributed by atoms with Crippen molar-refractivity contribution in [1.82, 2.24) is 19.3 Å². The number of aryl methyl sites for hydroxylation is 3. The Bertz CT molecular complexity index is 546. The molecule has 0 bridgehead atoms. The Morgan fingerprint density at radius 1 is 1.50 bits per heavy atom. The molecule has 2 aromatic rings. The fourth-order valence-corrected chi connectivity index (χ4v) is 1.94. The topological polar surface area (TPSA) is 52.7 Å². The van der Waals surface area contributed by atoms with Crippen LogP contribution in [-0.2, 0) is 20.0 Å². The van der Waals surface area contributed by atoms with E-state index in [1.165, 1.54) is 0 Å². The number of aromatic nitrogens is 4. The molecule has 2 rings (SSSR count). The second-order valence-corrected chi connectivity index (χ2v) is 4.60. The summed E-state index contributed by atoms with van der Waals surface area (Å²) in [6, 6.07) is 1.95. The van der Waals surface area contributed by atoms with Crippen LogP contribution in [0.15, 0.2) is 29.6 Å². The van der Waals surface area contributed by atoms with E-state index in [9.17, 15) is 4.79 Å². The second-order valence-electron chi connectivity index (χ2n) is 3.44. The monoisotopic (exact) mass is 330 g/mol. The highest BCUT2D eigenvalue weighted by Gasteiger charge is 2.03. The molecule has 0 aliphatic carbocycles. The number of hydrogen-bond donors (Lipinski definition) is 0. The maximum atomic E-state index is 11.7. The Hall–Kier alpha value is -1.18. The first-order valence-electron chi connectivity index (χ1n) is 4.85. The van der Waals surface area contributed by atoms with Crippen molar-refractivity contribution in [3.63, 3.8) is 0 Å². The first-order chi connectivity index (χ1) is 7.68. The first-order valence-corrected chi connectivity index (χ1v) is 5.93. The van der Waals surface area contributed by atoms with Gasteiger partial charge in [-0.2, -0.15) is 5.10 Å². The van der Waals surface area contributed by atoms with Gasteiger partial charge in [-0.25, -0.2) is 4.98 Å². The largest absolute Gasteiger partial charge is 0.298 e. The summed E-state index contributed by atoms with van der Waals surface area (Å²) in [6.07, 6.45) is 5.67. The molecule has 0 aromatic carbocycles. The smallest absolute Gasteiger partial charge is 0.266 e. The van der Waals surface area contributed by atoms with Crippen LogP contribution >= 0.6 is 22.6 Å². The van der Waals surface area contributed by atoms with E-state index in [1.54, 1.807) is 23.3 Å². The molecule has 0 spiro atoms. The van der Waals surface area contributed by atoms with Crippen molar-refractivity contribution in [1.29, 1.82) is 0 Å². The summed E-state index contributed by atoms with van der Waals surface area (Å²) in [5.41, 5.74) is 1.11. The molecule has 0 amide bonds. The molecule has 5 nitrogen and oxygen atoms in total. The zero-order valence-electron chi connectivity index (χ0n) is 8.80. The van der Waals surface area contributed by atoms with Crippen LogP contribution in [0.3, 0.4) is 0 Å². The molecule has 84 valence electrons. The number of nitrogens with zero attached hydrogens (tertiary/aromatic N) is 4. The van der Waals surface area contributed by atoms with Crippen LogP contribution in [0.5, 0.6) is 0 Å². The van der Waals surface area contributed by atoms with Crippen LogP contribution < -0.4 is 5.56 Å². The molecule has 0 atom stereocenters. The van der Waals surface area contributed by atoms with Gasteiger partial charge in [0.05, 0.1) is 9.90 Å². The van der Waals surface area contributed by atoms with Gasteiger partial charge in [0.2, 0.25) is 0 Å². The van der Waals surface area contributed by atoms with Gasteiger partial charge < -0.3 is 0 Å². The van der Waals surface area contributed by atoms with E-state index in [4.69, 9.17) is 0 Å². The van der Waals surface area contributed by atoms with Crippen molar-refractivity contribution in [3.8, 4) is 0 Å². The molecule has 0 fully saturated rings. The molecular formula is C10H11IN4O. The summed E-state index contributed by atoms with van der Waals surface area (Å²) < 4.78 is 4.08. The van der Waals surface area contributed by atoms with Crippen LogP contribution in [0, 0.1) is 3.57 Å². The fraction of sp³-hybridized carbons (Fsp3) is 0.300. The van der Waals surface area contributed by atoms with Gasteiger partial charge in [-0.15, -0.1) is 0 Å². The standard InChI is InChI=1S/C10H11IN4O/c1-14-8(2-4-13-14)3-5-15-7-12-6-9(11)10(15)16/h2,4,6-7H,3,5H2,1H3. The fourth-order valence-electron chi connectivity index (χ4n) is 1.46. The van der Waals surface area contributed by atoms with Gasteiger partial charge in [0.25, 0.3) is 5.56 Å². The highest BCUT2D eigenvalue weighted by Crippen LogP contribution is 1.99. The van der Waals surface area contributed by atoms with E-state index in [-0.39, 0.29) is 5.56 Å². The van der Waals surface area contributed by atoms with Gasteiger partial charge in [-0.05, 0) is 28.7 Å².